The van der Waals surface area contributed by atoms with Crippen molar-refractivity contribution in [3.8, 4) is 11.5 Å². The Hall–Kier alpha value is -4.13. The zero-order valence-electron chi connectivity index (χ0n) is 21.3. The minimum Gasteiger partial charge on any atom is -0.454 e. The molecule has 38 heavy (non-hydrogen) atoms. The number of hydrogen-bond donors (Lipinski definition) is 0. The Morgan fingerprint density at radius 3 is 1.89 bits per heavy atom. The molecule has 6 rings (SSSR count). The molecule has 1 fully saturated rings. The van der Waals surface area contributed by atoms with Gasteiger partial charge in [0.1, 0.15) is 0 Å². The number of hydrogen-bond acceptors (Lipinski definition) is 5. The first-order valence-corrected chi connectivity index (χ1v) is 13.1. The van der Waals surface area contributed by atoms with Gasteiger partial charge in [0.05, 0.1) is 12.6 Å². The van der Waals surface area contributed by atoms with Crippen LogP contribution >= 0.6 is 0 Å². The summed E-state index contributed by atoms with van der Waals surface area (Å²) in [6.07, 6.45) is 0. The number of carbonyl (C=O) groups is 1. The third-order valence-corrected chi connectivity index (χ3v) is 7.24. The van der Waals surface area contributed by atoms with E-state index in [1.165, 1.54) is 11.1 Å². The summed E-state index contributed by atoms with van der Waals surface area (Å²) in [6, 6.07) is 36.7. The first kappa shape index (κ1) is 24.2. The van der Waals surface area contributed by atoms with Gasteiger partial charge >= 0.3 is 0 Å². The molecule has 1 amide bonds. The molecular formula is C32H31N3O3. The molecule has 1 unspecified atom stereocenters. The maximum absolute atomic E-state index is 13.6. The normalized spacial score (nSPS) is 16.2. The average Bonchev–Trinajstić information content (AvgIpc) is 3.44. The Bertz CT molecular complexity index is 1320. The van der Waals surface area contributed by atoms with Gasteiger partial charge in [-0.25, -0.2) is 0 Å². The summed E-state index contributed by atoms with van der Waals surface area (Å²) in [5.74, 6) is 1.67. The molecule has 0 N–H and O–H groups in total. The van der Waals surface area contributed by atoms with Gasteiger partial charge in [0.25, 0.3) is 0 Å². The molecule has 0 aromatic heterocycles. The van der Waals surface area contributed by atoms with Crippen LogP contribution in [-0.4, -0.2) is 55.2 Å². The molecular weight excluding hydrogens is 474 g/mol. The summed E-state index contributed by atoms with van der Waals surface area (Å²) in [6.45, 7) is 3.99. The lowest BCUT2D eigenvalue weighted by atomic mass is 9.96. The van der Waals surface area contributed by atoms with Crippen LogP contribution in [0.3, 0.4) is 0 Å². The molecule has 0 aliphatic carbocycles. The lowest BCUT2D eigenvalue weighted by molar-refractivity contribution is -0.119. The Labute approximate surface area is 223 Å². The topological polar surface area (TPSA) is 45.3 Å². The van der Waals surface area contributed by atoms with Gasteiger partial charge in [0.2, 0.25) is 12.7 Å². The molecule has 2 aliphatic rings. The van der Waals surface area contributed by atoms with Crippen LogP contribution in [0.25, 0.3) is 0 Å². The standard InChI is InChI=1S/C32H31N3O3/c36-31(35(27-12-6-2-7-13-27)28-14-8-3-9-15-28)23-33-18-20-34(21-19-33)32(25-10-4-1-5-11-25)26-16-17-29-30(22-26)38-24-37-29/h1-17,22,32H,18-21,23-24H2. The highest BCUT2D eigenvalue weighted by molar-refractivity contribution is 6.01. The van der Waals surface area contributed by atoms with Crippen LogP contribution in [0.1, 0.15) is 17.2 Å². The van der Waals surface area contributed by atoms with Crippen molar-refractivity contribution in [2.24, 2.45) is 0 Å². The maximum Gasteiger partial charge on any atom is 0.245 e. The molecule has 0 saturated carbocycles. The van der Waals surface area contributed by atoms with E-state index < -0.39 is 0 Å². The van der Waals surface area contributed by atoms with Crippen LogP contribution in [0.5, 0.6) is 11.5 Å². The van der Waals surface area contributed by atoms with Crippen molar-refractivity contribution in [3.63, 3.8) is 0 Å². The van der Waals surface area contributed by atoms with E-state index in [2.05, 4.69) is 52.3 Å². The van der Waals surface area contributed by atoms with E-state index in [4.69, 9.17) is 9.47 Å². The number of anilines is 2. The smallest absolute Gasteiger partial charge is 0.245 e. The Balaban J connectivity index is 1.18. The van der Waals surface area contributed by atoms with E-state index in [1.807, 2.05) is 71.6 Å². The largest absolute Gasteiger partial charge is 0.454 e. The molecule has 2 heterocycles. The van der Waals surface area contributed by atoms with E-state index in [9.17, 15) is 4.79 Å². The number of para-hydroxylation sites is 2. The predicted octanol–water partition coefficient (Wildman–Crippen LogP) is 5.49. The first-order chi connectivity index (χ1) is 18.8. The number of rotatable bonds is 7. The van der Waals surface area contributed by atoms with Crippen LogP contribution in [0.15, 0.2) is 109 Å². The number of carbonyl (C=O) groups excluding carboxylic acids is 1. The highest BCUT2D eigenvalue weighted by atomic mass is 16.7. The van der Waals surface area contributed by atoms with Crippen molar-refractivity contribution in [2.45, 2.75) is 6.04 Å². The van der Waals surface area contributed by atoms with Crippen molar-refractivity contribution >= 4 is 17.3 Å². The number of nitrogens with zero attached hydrogens (tertiary/aromatic N) is 3. The average molecular weight is 506 g/mol. The summed E-state index contributed by atoms with van der Waals surface area (Å²) in [5, 5.41) is 0. The lowest BCUT2D eigenvalue weighted by Gasteiger charge is -2.40. The number of amides is 1. The van der Waals surface area contributed by atoms with Crippen LogP contribution in [0.2, 0.25) is 0 Å². The minimum atomic E-state index is 0.0752. The van der Waals surface area contributed by atoms with E-state index in [-0.39, 0.29) is 18.7 Å². The molecule has 2 aliphatic heterocycles. The van der Waals surface area contributed by atoms with Crippen molar-refractivity contribution < 1.29 is 14.3 Å². The monoisotopic (exact) mass is 505 g/mol. The van der Waals surface area contributed by atoms with Gasteiger partial charge < -0.3 is 9.47 Å². The number of fused-ring (bicyclic) bond motifs is 1. The van der Waals surface area contributed by atoms with E-state index in [0.29, 0.717) is 6.54 Å². The molecule has 4 aromatic carbocycles. The quantitative estimate of drug-likeness (QED) is 0.333. The number of benzene rings is 4. The Morgan fingerprint density at radius 1 is 0.684 bits per heavy atom. The SMILES string of the molecule is O=C(CN1CCN(C(c2ccccc2)c2ccc3c(c2)OCO3)CC1)N(c1ccccc1)c1ccccc1. The summed E-state index contributed by atoms with van der Waals surface area (Å²) < 4.78 is 11.2. The first-order valence-electron chi connectivity index (χ1n) is 13.1. The molecule has 4 aromatic rings. The molecule has 0 spiro atoms. The second-order valence-corrected chi connectivity index (χ2v) is 9.64. The van der Waals surface area contributed by atoms with Gasteiger partial charge in [-0.15, -0.1) is 0 Å². The van der Waals surface area contributed by atoms with E-state index >= 15 is 0 Å². The third-order valence-electron chi connectivity index (χ3n) is 7.24. The van der Waals surface area contributed by atoms with E-state index in [1.54, 1.807) is 0 Å². The van der Waals surface area contributed by atoms with Gasteiger partial charge in [0.15, 0.2) is 11.5 Å². The molecule has 0 bridgehead atoms. The highest BCUT2D eigenvalue weighted by Crippen LogP contribution is 2.38. The molecule has 192 valence electrons. The van der Waals surface area contributed by atoms with Gasteiger partial charge in [0, 0.05) is 37.6 Å². The molecule has 6 heteroatoms. The van der Waals surface area contributed by atoms with Crippen molar-refractivity contribution in [1.82, 2.24) is 9.80 Å². The Kier molecular flexibility index (Phi) is 7.07. The van der Waals surface area contributed by atoms with Gasteiger partial charge in [-0.1, -0.05) is 72.8 Å². The van der Waals surface area contributed by atoms with Crippen molar-refractivity contribution in [2.75, 3.05) is 44.4 Å². The fraction of sp³-hybridized carbons (Fsp3) is 0.219. The predicted molar refractivity (Wildman–Crippen MR) is 149 cm³/mol. The molecule has 0 radical (unpaired) electrons. The summed E-state index contributed by atoms with van der Waals surface area (Å²) in [7, 11) is 0. The highest BCUT2D eigenvalue weighted by Gasteiger charge is 2.29. The second-order valence-electron chi connectivity index (χ2n) is 9.64. The van der Waals surface area contributed by atoms with Gasteiger partial charge in [-0.2, -0.15) is 0 Å². The van der Waals surface area contributed by atoms with Crippen LogP contribution in [-0.2, 0) is 4.79 Å². The van der Waals surface area contributed by atoms with Crippen molar-refractivity contribution in [3.05, 3.63) is 120 Å². The van der Waals surface area contributed by atoms with Crippen LogP contribution in [0, 0.1) is 0 Å². The summed E-state index contributed by atoms with van der Waals surface area (Å²) >= 11 is 0. The minimum absolute atomic E-state index is 0.0752. The van der Waals surface area contributed by atoms with Crippen LogP contribution in [0.4, 0.5) is 11.4 Å². The molecule has 6 nitrogen and oxygen atoms in total. The zero-order chi connectivity index (χ0) is 25.7. The number of ether oxygens (including phenoxy) is 2. The fourth-order valence-corrected chi connectivity index (χ4v) is 5.37. The summed E-state index contributed by atoms with van der Waals surface area (Å²) in [4.78, 5) is 20.2. The fourth-order valence-electron chi connectivity index (χ4n) is 5.37. The van der Waals surface area contributed by atoms with Crippen molar-refractivity contribution in [1.29, 1.82) is 0 Å². The third kappa shape index (κ3) is 5.14. The number of piperazine rings is 1. The van der Waals surface area contributed by atoms with Gasteiger partial charge in [-0.3, -0.25) is 19.5 Å². The Morgan fingerprint density at radius 2 is 1.26 bits per heavy atom. The van der Waals surface area contributed by atoms with Gasteiger partial charge in [-0.05, 0) is 47.5 Å². The summed E-state index contributed by atoms with van der Waals surface area (Å²) in [5.41, 5.74) is 4.20. The second kappa shape index (κ2) is 11.1. The molecule has 1 saturated heterocycles. The maximum atomic E-state index is 13.6. The zero-order valence-corrected chi connectivity index (χ0v) is 21.3. The molecule has 1 atom stereocenters. The van der Waals surface area contributed by atoms with E-state index in [0.717, 1.165) is 49.1 Å². The van der Waals surface area contributed by atoms with Crippen LogP contribution < -0.4 is 14.4 Å². The lowest BCUT2D eigenvalue weighted by Crippen LogP contribution is -2.50.